The van der Waals surface area contributed by atoms with Crippen molar-refractivity contribution in [3.63, 3.8) is 0 Å². The number of hydrogen-bond donors (Lipinski definition) is 3. The fourth-order valence-electron chi connectivity index (χ4n) is 3.75. The number of hydrogen-bond acceptors (Lipinski definition) is 5. The number of phenolic OH excluding ortho intramolecular Hbond substituents is 1. The molecule has 4 rings (SSSR count). The van der Waals surface area contributed by atoms with Gasteiger partial charge in [-0.3, -0.25) is 0 Å². The smallest absolute Gasteiger partial charge is 0.143 e. The second-order valence-corrected chi connectivity index (χ2v) is 8.41. The lowest BCUT2D eigenvalue weighted by atomic mass is 10.1. The number of aromatic nitrogens is 3. The second kappa shape index (κ2) is 9.08. The molecule has 0 saturated carbocycles. The van der Waals surface area contributed by atoms with Crippen LogP contribution in [0.2, 0.25) is 0 Å². The van der Waals surface area contributed by atoms with Gasteiger partial charge in [0.15, 0.2) is 0 Å². The maximum atomic E-state index is 10.3. The lowest BCUT2D eigenvalue weighted by Gasteiger charge is -2.17. The van der Waals surface area contributed by atoms with Gasteiger partial charge in [-0.05, 0) is 73.4 Å². The minimum atomic E-state index is 0.148. The summed E-state index contributed by atoms with van der Waals surface area (Å²) in [6.07, 6.45) is 1.14. The van der Waals surface area contributed by atoms with Crippen LogP contribution in [0, 0.1) is 5.92 Å². The zero-order valence-electron chi connectivity index (χ0n) is 18.2. The summed E-state index contributed by atoms with van der Waals surface area (Å²) in [4.78, 5) is 1.49. The van der Waals surface area contributed by atoms with Crippen molar-refractivity contribution >= 4 is 22.4 Å². The summed E-state index contributed by atoms with van der Waals surface area (Å²) in [6.45, 7) is 7.33. The van der Waals surface area contributed by atoms with Gasteiger partial charge in [-0.15, -0.1) is 15.0 Å². The third kappa shape index (κ3) is 5.15. The summed E-state index contributed by atoms with van der Waals surface area (Å²) in [5, 5.41) is 26.3. The quantitative estimate of drug-likeness (QED) is 0.350. The minimum absolute atomic E-state index is 0.148. The number of nitrogens with zero attached hydrogens (tertiary/aromatic N) is 3. The van der Waals surface area contributed by atoms with Gasteiger partial charge in [0.25, 0.3) is 0 Å². The molecular formula is C25H29N5O. The van der Waals surface area contributed by atoms with E-state index in [2.05, 4.69) is 65.9 Å². The van der Waals surface area contributed by atoms with Crippen LogP contribution in [-0.4, -0.2) is 26.1 Å². The van der Waals surface area contributed by atoms with Crippen LogP contribution < -0.4 is 10.6 Å². The summed E-state index contributed by atoms with van der Waals surface area (Å²) in [5.74, 6) is 0.823. The summed E-state index contributed by atoms with van der Waals surface area (Å²) < 4.78 is 0. The van der Waals surface area contributed by atoms with Gasteiger partial charge in [0.2, 0.25) is 0 Å². The number of nitrogens with one attached hydrogen (secondary N) is 2. The molecule has 0 aliphatic carbocycles. The Bertz CT molecular complexity index is 1120. The van der Waals surface area contributed by atoms with Crippen LogP contribution in [0.25, 0.3) is 16.7 Å². The van der Waals surface area contributed by atoms with E-state index in [1.807, 2.05) is 36.4 Å². The molecule has 160 valence electrons. The van der Waals surface area contributed by atoms with Crippen molar-refractivity contribution in [2.75, 3.05) is 10.6 Å². The monoisotopic (exact) mass is 415 g/mol. The van der Waals surface area contributed by atoms with Crippen LogP contribution >= 0.6 is 0 Å². The Hall–Kier alpha value is -3.54. The molecule has 31 heavy (non-hydrogen) atoms. The molecule has 4 aromatic rings. The van der Waals surface area contributed by atoms with Crippen LogP contribution in [-0.2, 0) is 6.54 Å². The Morgan fingerprint density at radius 1 is 0.871 bits per heavy atom. The van der Waals surface area contributed by atoms with Gasteiger partial charge in [0.05, 0.1) is 0 Å². The maximum Gasteiger partial charge on any atom is 0.143 e. The SMILES string of the molecule is CC(C)CC(C)Nc1ccc(NCc2ccc(O)c(-n3nc4ccccc4n3)c2)cc1. The summed E-state index contributed by atoms with van der Waals surface area (Å²) in [6, 6.07) is 21.9. The number of aromatic hydroxyl groups is 1. The van der Waals surface area contributed by atoms with Crippen molar-refractivity contribution in [2.24, 2.45) is 5.92 Å². The molecule has 0 radical (unpaired) electrons. The predicted octanol–water partition coefficient (Wildman–Crippen LogP) is 5.58. The van der Waals surface area contributed by atoms with E-state index in [9.17, 15) is 5.11 Å². The third-order valence-electron chi connectivity index (χ3n) is 5.16. The van der Waals surface area contributed by atoms with E-state index in [1.54, 1.807) is 6.07 Å². The summed E-state index contributed by atoms with van der Waals surface area (Å²) in [5.41, 5.74) is 5.35. The molecule has 0 aliphatic heterocycles. The van der Waals surface area contributed by atoms with Crippen molar-refractivity contribution < 1.29 is 5.11 Å². The molecule has 0 amide bonds. The van der Waals surface area contributed by atoms with Crippen molar-refractivity contribution in [3.05, 3.63) is 72.3 Å². The van der Waals surface area contributed by atoms with Crippen molar-refractivity contribution in [2.45, 2.75) is 39.8 Å². The molecule has 6 heteroatoms. The number of benzene rings is 3. The Morgan fingerprint density at radius 2 is 1.52 bits per heavy atom. The first-order valence-corrected chi connectivity index (χ1v) is 10.7. The third-order valence-corrected chi connectivity index (χ3v) is 5.16. The van der Waals surface area contributed by atoms with Crippen LogP contribution in [0.4, 0.5) is 11.4 Å². The topological polar surface area (TPSA) is 75.0 Å². The summed E-state index contributed by atoms with van der Waals surface area (Å²) >= 11 is 0. The number of fused-ring (bicyclic) bond motifs is 1. The van der Waals surface area contributed by atoms with Crippen molar-refractivity contribution in [3.8, 4) is 11.4 Å². The van der Waals surface area contributed by atoms with E-state index >= 15 is 0 Å². The molecule has 1 atom stereocenters. The molecule has 0 fully saturated rings. The molecule has 3 N–H and O–H groups in total. The van der Waals surface area contributed by atoms with Gasteiger partial charge in [-0.2, -0.15) is 0 Å². The highest BCUT2D eigenvalue weighted by Crippen LogP contribution is 2.24. The molecule has 0 saturated heterocycles. The van der Waals surface area contributed by atoms with Gasteiger partial charge >= 0.3 is 0 Å². The van der Waals surface area contributed by atoms with E-state index in [0.717, 1.165) is 34.4 Å². The van der Waals surface area contributed by atoms with Gasteiger partial charge in [0.1, 0.15) is 22.5 Å². The van der Waals surface area contributed by atoms with E-state index in [0.29, 0.717) is 24.2 Å². The molecule has 6 nitrogen and oxygen atoms in total. The van der Waals surface area contributed by atoms with E-state index in [1.165, 1.54) is 4.80 Å². The van der Waals surface area contributed by atoms with Gasteiger partial charge in [-0.25, -0.2) is 0 Å². The molecule has 3 aromatic carbocycles. The normalized spacial score (nSPS) is 12.3. The minimum Gasteiger partial charge on any atom is -0.506 e. The van der Waals surface area contributed by atoms with Crippen LogP contribution in [0.3, 0.4) is 0 Å². The zero-order chi connectivity index (χ0) is 21.8. The average molecular weight is 416 g/mol. The predicted molar refractivity (Wildman–Crippen MR) is 127 cm³/mol. The van der Waals surface area contributed by atoms with E-state index in [4.69, 9.17) is 0 Å². The maximum absolute atomic E-state index is 10.3. The number of rotatable bonds is 8. The first kappa shape index (κ1) is 20.7. The Labute approximate surface area is 182 Å². The molecule has 1 aromatic heterocycles. The van der Waals surface area contributed by atoms with Crippen molar-refractivity contribution in [1.29, 1.82) is 0 Å². The molecule has 1 unspecified atom stereocenters. The first-order valence-electron chi connectivity index (χ1n) is 10.7. The fraction of sp³-hybridized carbons (Fsp3) is 0.280. The Kier molecular flexibility index (Phi) is 6.07. The van der Waals surface area contributed by atoms with Gasteiger partial charge in [-0.1, -0.05) is 32.0 Å². The van der Waals surface area contributed by atoms with Crippen LogP contribution in [0.1, 0.15) is 32.8 Å². The first-order chi connectivity index (χ1) is 15.0. The zero-order valence-corrected chi connectivity index (χ0v) is 18.2. The number of anilines is 2. The largest absolute Gasteiger partial charge is 0.506 e. The molecule has 0 spiro atoms. The fourth-order valence-corrected chi connectivity index (χ4v) is 3.75. The standard InChI is InChI=1S/C25H29N5O/c1-17(2)14-18(3)27-21-11-9-20(10-12-21)26-16-19-8-13-25(31)24(15-19)30-28-22-6-4-5-7-23(22)29-30/h4-13,15,17-18,26-27,31H,14,16H2,1-3H3. The highest BCUT2D eigenvalue weighted by atomic mass is 16.3. The molecule has 1 heterocycles. The second-order valence-electron chi connectivity index (χ2n) is 8.41. The van der Waals surface area contributed by atoms with Crippen LogP contribution in [0.15, 0.2) is 66.7 Å². The molecule has 0 bridgehead atoms. The molecule has 0 aliphatic rings. The number of phenols is 1. The van der Waals surface area contributed by atoms with Gasteiger partial charge in [0, 0.05) is 24.0 Å². The van der Waals surface area contributed by atoms with E-state index < -0.39 is 0 Å². The Morgan fingerprint density at radius 3 is 2.16 bits per heavy atom. The lowest BCUT2D eigenvalue weighted by Crippen LogP contribution is -2.17. The Balaban J connectivity index is 1.42. The van der Waals surface area contributed by atoms with E-state index in [-0.39, 0.29) is 5.75 Å². The average Bonchev–Trinajstić information content (AvgIpc) is 3.17. The highest BCUT2D eigenvalue weighted by molar-refractivity contribution is 5.73. The van der Waals surface area contributed by atoms with Gasteiger partial charge < -0.3 is 15.7 Å². The van der Waals surface area contributed by atoms with Crippen LogP contribution in [0.5, 0.6) is 5.75 Å². The molecular weight excluding hydrogens is 386 g/mol. The highest BCUT2D eigenvalue weighted by Gasteiger charge is 2.10. The lowest BCUT2D eigenvalue weighted by molar-refractivity contribution is 0.467. The van der Waals surface area contributed by atoms with Crippen molar-refractivity contribution in [1.82, 2.24) is 15.0 Å². The summed E-state index contributed by atoms with van der Waals surface area (Å²) in [7, 11) is 0.